The highest BCUT2D eigenvalue weighted by Crippen LogP contribution is 2.21. The summed E-state index contributed by atoms with van der Waals surface area (Å²) in [5.41, 5.74) is 9.72. The Balaban J connectivity index is 2.44. The molecule has 0 fully saturated rings. The van der Waals surface area contributed by atoms with Gasteiger partial charge < -0.3 is 10.6 Å². The van der Waals surface area contributed by atoms with Crippen molar-refractivity contribution in [3.8, 4) is 0 Å². The second-order valence-corrected chi connectivity index (χ2v) is 5.71. The van der Waals surface area contributed by atoms with Gasteiger partial charge in [-0.1, -0.05) is 31.0 Å². The Kier molecular flexibility index (Phi) is 6.93. The van der Waals surface area contributed by atoms with Gasteiger partial charge in [0.25, 0.3) is 0 Å². The van der Waals surface area contributed by atoms with Crippen LogP contribution in [0.4, 0.5) is 5.69 Å². The summed E-state index contributed by atoms with van der Waals surface area (Å²) < 4.78 is 0. The first-order valence-electron chi connectivity index (χ1n) is 7.57. The molecule has 0 radical (unpaired) electrons. The van der Waals surface area contributed by atoms with Crippen molar-refractivity contribution in [2.75, 3.05) is 25.0 Å². The minimum Gasteiger partial charge on any atom is -0.374 e. The lowest BCUT2D eigenvalue weighted by atomic mass is 9.96. The molecule has 0 saturated carbocycles. The fraction of sp³-hybridized carbons (Fsp3) is 0.647. The van der Waals surface area contributed by atoms with Gasteiger partial charge in [-0.05, 0) is 57.2 Å². The van der Waals surface area contributed by atoms with Crippen LogP contribution in [0.3, 0.4) is 0 Å². The van der Waals surface area contributed by atoms with Gasteiger partial charge in [-0.15, -0.1) is 0 Å². The molecule has 108 valence electrons. The Morgan fingerprint density at radius 1 is 1.21 bits per heavy atom. The minimum absolute atomic E-state index is 0.803. The quantitative estimate of drug-likeness (QED) is 0.770. The molecule has 1 atom stereocenters. The predicted molar refractivity (Wildman–Crippen MR) is 85.9 cm³/mol. The monoisotopic (exact) mass is 262 g/mol. The van der Waals surface area contributed by atoms with Crippen molar-refractivity contribution in [3.63, 3.8) is 0 Å². The summed E-state index contributed by atoms with van der Waals surface area (Å²) in [5, 5.41) is 0. The third-order valence-electron chi connectivity index (χ3n) is 4.02. The van der Waals surface area contributed by atoms with E-state index in [9.17, 15) is 0 Å². The molecule has 1 rings (SSSR count). The first-order valence-corrected chi connectivity index (χ1v) is 7.57. The van der Waals surface area contributed by atoms with Crippen LogP contribution in [0.25, 0.3) is 0 Å². The highest BCUT2D eigenvalue weighted by Gasteiger charge is 2.08. The van der Waals surface area contributed by atoms with Crippen molar-refractivity contribution >= 4 is 5.69 Å². The second kappa shape index (κ2) is 8.21. The molecular weight excluding hydrogens is 232 g/mol. The van der Waals surface area contributed by atoms with E-state index in [1.807, 2.05) is 0 Å². The topological polar surface area (TPSA) is 29.3 Å². The summed E-state index contributed by atoms with van der Waals surface area (Å²) >= 11 is 0. The first-order chi connectivity index (χ1) is 9.08. The van der Waals surface area contributed by atoms with Crippen molar-refractivity contribution in [1.29, 1.82) is 0 Å². The highest BCUT2D eigenvalue weighted by atomic mass is 15.1. The minimum atomic E-state index is 0.803. The molecule has 0 spiro atoms. The van der Waals surface area contributed by atoms with Crippen molar-refractivity contribution in [3.05, 3.63) is 29.3 Å². The smallest absolute Gasteiger partial charge is 0.0393 e. The van der Waals surface area contributed by atoms with Crippen LogP contribution in [0, 0.1) is 19.8 Å². The van der Waals surface area contributed by atoms with E-state index in [4.69, 9.17) is 5.73 Å². The van der Waals surface area contributed by atoms with Crippen molar-refractivity contribution < 1.29 is 0 Å². The van der Waals surface area contributed by atoms with Crippen LogP contribution >= 0.6 is 0 Å². The number of aryl methyl sites for hydroxylation is 2. The largest absolute Gasteiger partial charge is 0.374 e. The zero-order valence-electron chi connectivity index (χ0n) is 13.1. The highest BCUT2D eigenvalue weighted by molar-refractivity contribution is 5.53. The summed E-state index contributed by atoms with van der Waals surface area (Å²) in [7, 11) is 2.20. The van der Waals surface area contributed by atoms with E-state index in [0.29, 0.717) is 0 Å². The third kappa shape index (κ3) is 5.23. The summed E-state index contributed by atoms with van der Waals surface area (Å²) in [6, 6.07) is 6.69. The Hall–Kier alpha value is -1.02. The molecule has 2 N–H and O–H groups in total. The van der Waals surface area contributed by atoms with E-state index in [1.54, 1.807) is 0 Å². The average molecular weight is 262 g/mol. The zero-order chi connectivity index (χ0) is 14.3. The Labute approximate surface area is 119 Å². The van der Waals surface area contributed by atoms with Gasteiger partial charge in [-0.25, -0.2) is 0 Å². The maximum absolute atomic E-state index is 5.65. The van der Waals surface area contributed by atoms with E-state index in [2.05, 4.69) is 50.9 Å². The maximum atomic E-state index is 5.65. The van der Waals surface area contributed by atoms with Crippen molar-refractivity contribution in [1.82, 2.24) is 0 Å². The van der Waals surface area contributed by atoms with Crippen molar-refractivity contribution in [2.45, 2.75) is 46.5 Å². The maximum Gasteiger partial charge on any atom is 0.0393 e. The van der Waals surface area contributed by atoms with Crippen molar-refractivity contribution in [2.24, 2.45) is 11.7 Å². The molecule has 1 unspecified atom stereocenters. The van der Waals surface area contributed by atoms with Crippen LogP contribution in [0.1, 0.15) is 43.7 Å². The molecule has 1 aromatic rings. The third-order valence-corrected chi connectivity index (χ3v) is 4.02. The van der Waals surface area contributed by atoms with Gasteiger partial charge in [0.15, 0.2) is 0 Å². The zero-order valence-corrected chi connectivity index (χ0v) is 13.1. The summed E-state index contributed by atoms with van der Waals surface area (Å²) in [6.45, 7) is 8.57. The fourth-order valence-corrected chi connectivity index (χ4v) is 2.76. The van der Waals surface area contributed by atoms with Gasteiger partial charge in [0, 0.05) is 19.3 Å². The lowest BCUT2D eigenvalue weighted by Gasteiger charge is -2.23. The van der Waals surface area contributed by atoms with Gasteiger partial charge in [0.2, 0.25) is 0 Å². The Morgan fingerprint density at radius 3 is 2.53 bits per heavy atom. The second-order valence-electron chi connectivity index (χ2n) is 5.71. The number of hydrogen-bond donors (Lipinski definition) is 1. The van der Waals surface area contributed by atoms with Crippen LogP contribution in [0.5, 0.6) is 0 Å². The Bertz CT molecular complexity index is 374. The molecule has 0 amide bonds. The van der Waals surface area contributed by atoms with E-state index >= 15 is 0 Å². The van der Waals surface area contributed by atoms with Gasteiger partial charge in [-0.2, -0.15) is 0 Å². The van der Waals surface area contributed by atoms with Gasteiger partial charge >= 0.3 is 0 Å². The number of rotatable bonds is 8. The molecule has 0 bridgehead atoms. The SMILES string of the molecule is CCC(CCN)CCCN(C)c1ccc(C)cc1C. The lowest BCUT2D eigenvalue weighted by molar-refractivity contribution is 0.431. The molecule has 1 aromatic carbocycles. The standard InChI is InChI=1S/C17H30N2/c1-5-16(10-11-18)7-6-12-19(4)17-9-8-14(2)13-15(17)3/h8-9,13,16H,5-7,10-12,18H2,1-4H3. The van der Waals surface area contributed by atoms with E-state index in [-0.39, 0.29) is 0 Å². The normalized spacial score (nSPS) is 12.5. The molecule has 2 heteroatoms. The molecule has 0 aromatic heterocycles. The van der Waals surface area contributed by atoms with Crippen LogP contribution in [-0.4, -0.2) is 20.1 Å². The van der Waals surface area contributed by atoms with Crippen LogP contribution in [-0.2, 0) is 0 Å². The summed E-state index contributed by atoms with van der Waals surface area (Å²) in [6.07, 6.45) is 4.97. The number of benzene rings is 1. The molecule has 0 heterocycles. The average Bonchev–Trinajstić information content (AvgIpc) is 2.37. The fourth-order valence-electron chi connectivity index (χ4n) is 2.76. The van der Waals surface area contributed by atoms with Gasteiger partial charge in [0.1, 0.15) is 0 Å². The molecule has 19 heavy (non-hydrogen) atoms. The molecule has 0 aliphatic rings. The molecule has 0 aliphatic carbocycles. The predicted octanol–water partition coefficient (Wildman–Crippen LogP) is 3.89. The molecule has 0 saturated heterocycles. The lowest BCUT2D eigenvalue weighted by Crippen LogP contribution is -2.20. The van der Waals surface area contributed by atoms with E-state index in [1.165, 1.54) is 42.5 Å². The van der Waals surface area contributed by atoms with Gasteiger partial charge in [-0.3, -0.25) is 0 Å². The Morgan fingerprint density at radius 2 is 1.95 bits per heavy atom. The molecule has 0 aliphatic heterocycles. The van der Waals surface area contributed by atoms with Crippen LogP contribution < -0.4 is 10.6 Å². The number of hydrogen-bond acceptors (Lipinski definition) is 2. The number of nitrogens with two attached hydrogens (primary N) is 1. The first kappa shape index (κ1) is 16.0. The van der Waals surface area contributed by atoms with Crippen LogP contribution in [0.15, 0.2) is 18.2 Å². The van der Waals surface area contributed by atoms with Crippen LogP contribution in [0.2, 0.25) is 0 Å². The number of nitrogens with zero attached hydrogens (tertiary/aromatic N) is 1. The summed E-state index contributed by atoms with van der Waals surface area (Å²) in [5.74, 6) is 0.803. The van der Waals surface area contributed by atoms with Gasteiger partial charge in [0.05, 0.1) is 0 Å². The van der Waals surface area contributed by atoms with E-state index in [0.717, 1.165) is 19.0 Å². The molecule has 2 nitrogen and oxygen atoms in total. The number of anilines is 1. The van der Waals surface area contributed by atoms with E-state index < -0.39 is 0 Å². The summed E-state index contributed by atoms with van der Waals surface area (Å²) in [4.78, 5) is 2.38. The molecular formula is C17H30N2.